The van der Waals surface area contributed by atoms with E-state index in [0.29, 0.717) is 16.5 Å². The van der Waals surface area contributed by atoms with E-state index in [4.69, 9.17) is 17.3 Å². The largest absolute Gasteiger partial charge is 0.330 e. The summed E-state index contributed by atoms with van der Waals surface area (Å²) in [6.45, 7) is 2.63. The first-order valence-electron chi connectivity index (χ1n) is 4.83. The van der Waals surface area contributed by atoms with Crippen molar-refractivity contribution in [3.8, 4) is 0 Å². The molecule has 1 unspecified atom stereocenters. The van der Waals surface area contributed by atoms with E-state index < -0.39 is 0 Å². The monoisotopic (exact) mass is 247 g/mol. The van der Waals surface area contributed by atoms with Gasteiger partial charge >= 0.3 is 0 Å². The molecular weight excluding hydrogens is 233 g/mol. The van der Waals surface area contributed by atoms with Gasteiger partial charge in [-0.2, -0.15) is 0 Å². The number of rotatable bonds is 4. The summed E-state index contributed by atoms with van der Waals surface area (Å²) in [6.07, 6.45) is 2.65. The van der Waals surface area contributed by atoms with Gasteiger partial charge in [-0.25, -0.2) is 4.39 Å². The van der Waals surface area contributed by atoms with Gasteiger partial charge in [0.1, 0.15) is 5.82 Å². The lowest BCUT2D eigenvalue weighted by Crippen LogP contribution is -2.05. The maximum atomic E-state index is 13.6. The molecule has 1 atom stereocenters. The standard InChI is InChI=1S/C11H15ClFNS/c1-7(3-4-14)8-5-9(12)11(15-2)10(13)6-8/h5-7H,3-4,14H2,1-2H3. The number of thioether (sulfide) groups is 1. The van der Waals surface area contributed by atoms with Gasteiger partial charge in [-0.1, -0.05) is 18.5 Å². The predicted octanol–water partition coefficient (Wildman–Crippen LogP) is 3.65. The third-order valence-electron chi connectivity index (χ3n) is 2.39. The Hall–Kier alpha value is -0.250. The molecule has 4 heteroatoms. The molecule has 84 valence electrons. The highest BCUT2D eigenvalue weighted by molar-refractivity contribution is 7.98. The van der Waals surface area contributed by atoms with E-state index in [1.54, 1.807) is 6.07 Å². The maximum Gasteiger partial charge on any atom is 0.138 e. The molecule has 1 nitrogen and oxygen atoms in total. The van der Waals surface area contributed by atoms with Crippen LogP contribution in [0.15, 0.2) is 17.0 Å². The van der Waals surface area contributed by atoms with Crippen LogP contribution in [0, 0.1) is 5.82 Å². The zero-order valence-corrected chi connectivity index (χ0v) is 10.5. The highest BCUT2D eigenvalue weighted by Gasteiger charge is 2.12. The van der Waals surface area contributed by atoms with Crippen LogP contribution in [-0.2, 0) is 0 Å². The van der Waals surface area contributed by atoms with Crippen molar-refractivity contribution in [1.29, 1.82) is 0 Å². The number of benzene rings is 1. The van der Waals surface area contributed by atoms with Crippen LogP contribution in [0.4, 0.5) is 4.39 Å². The lowest BCUT2D eigenvalue weighted by Gasteiger charge is -2.12. The van der Waals surface area contributed by atoms with Gasteiger partial charge in [0.15, 0.2) is 0 Å². The quantitative estimate of drug-likeness (QED) is 0.822. The third-order valence-corrected chi connectivity index (χ3v) is 3.63. The molecule has 0 radical (unpaired) electrons. The van der Waals surface area contributed by atoms with Gasteiger partial charge in [0, 0.05) is 0 Å². The van der Waals surface area contributed by atoms with Crippen molar-refractivity contribution >= 4 is 23.4 Å². The number of hydrogen-bond acceptors (Lipinski definition) is 2. The van der Waals surface area contributed by atoms with Crippen molar-refractivity contribution in [2.75, 3.05) is 12.8 Å². The van der Waals surface area contributed by atoms with Crippen LogP contribution in [0.3, 0.4) is 0 Å². The summed E-state index contributed by atoms with van der Waals surface area (Å²) in [5, 5.41) is 0.487. The minimum absolute atomic E-state index is 0.242. The van der Waals surface area contributed by atoms with Crippen molar-refractivity contribution in [2.45, 2.75) is 24.2 Å². The van der Waals surface area contributed by atoms with Crippen LogP contribution in [0.1, 0.15) is 24.8 Å². The van der Waals surface area contributed by atoms with Crippen molar-refractivity contribution in [2.24, 2.45) is 5.73 Å². The van der Waals surface area contributed by atoms with Gasteiger partial charge in [0.05, 0.1) is 9.92 Å². The molecule has 0 bridgehead atoms. The molecule has 0 saturated heterocycles. The van der Waals surface area contributed by atoms with Crippen molar-refractivity contribution in [3.05, 3.63) is 28.5 Å². The van der Waals surface area contributed by atoms with Gasteiger partial charge in [0.25, 0.3) is 0 Å². The molecule has 15 heavy (non-hydrogen) atoms. The summed E-state index contributed by atoms with van der Waals surface area (Å²) in [4.78, 5) is 0.514. The fraction of sp³-hybridized carbons (Fsp3) is 0.455. The molecule has 1 aromatic carbocycles. The lowest BCUT2D eigenvalue weighted by molar-refractivity contribution is 0.593. The zero-order chi connectivity index (χ0) is 11.4. The molecule has 0 aliphatic rings. The minimum Gasteiger partial charge on any atom is -0.330 e. The summed E-state index contributed by atoms with van der Waals surface area (Å²) in [6, 6.07) is 3.38. The van der Waals surface area contributed by atoms with E-state index in [1.165, 1.54) is 11.8 Å². The first kappa shape index (κ1) is 12.8. The van der Waals surface area contributed by atoms with Crippen LogP contribution in [0.25, 0.3) is 0 Å². The summed E-state index contributed by atoms with van der Waals surface area (Å²) in [5.74, 6) is 0.00628. The van der Waals surface area contributed by atoms with E-state index in [1.807, 2.05) is 19.2 Å². The molecule has 1 aromatic rings. The predicted molar refractivity (Wildman–Crippen MR) is 65.3 cm³/mol. The molecule has 0 heterocycles. The Bertz CT molecular complexity index is 320. The summed E-state index contributed by atoms with van der Waals surface area (Å²) in [5.41, 5.74) is 6.39. The molecule has 0 saturated carbocycles. The summed E-state index contributed by atoms with van der Waals surface area (Å²) < 4.78 is 13.6. The second-order valence-electron chi connectivity index (χ2n) is 3.50. The topological polar surface area (TPSA) is 26.0 Å². The second-order valence-corrected chi connectivity index (χ2v) is 4.72. The van der Waals surface area contributed by atoms with Crippen LogP contribution in [0.5, 0.6) is 0 Å². The molecule has 1 rings (SSSR count). The smallest absolute Gasteiger partial charge is 0.138 e. The fourth-order valence-electron chi connectivity index (χ4n) is 1.48. The number of hydrogen-bond donors (Lipinski definition) is 1. The normalized spacial score (nSPS) is 12.9. The molecule has 0 aliphatic heterocycles. The first-order chi connectivity index (χ1) is 7.10. The molecule has 0 spiro atoms. The van der Waals surface area contributed by atoms with Crippen molar-refractivity contribution in [3.63, 3.8) is 0 Å². The number of nitrogens with two attached hydrogens (primary N) is 1. The summed E-state index contributed by atoms with van der Waals surface area (Å²) >= 11 is 7.31. The van der Waals surface area contributed by atoms with E-state index in [2.05, 4.69) is 0 Å². The average molecular weight is 248 g/mol. The SMILES string of the molecule is CSc1c(F)cc(C(C)CCN)cc1Cl. The van der Waals surface area contributed by atoms with Crippen LogP contribution in [-0.4, -0.2) is 12.8 Å². The summed E-state index contributed by atoms with van der Waals surface area (Å²) in [7, 11) is 0. The van der Waals surface area contributed by atoms with E-state index in [-0.39, 0.29) is 11.7 Å². The third kappa shape index (κ3) is 3.10. The van der Waals surface area contributed by atoms with Gasteiger partial charge in [-0.3, -0.25) is 0 Å². The highest BCUT2D eigenvalue weighted by atomic mass is 35.5. The van der Waals surface area contributed by atoms with E-state index in [9.17, 15) is 4.39 Å². The van der Waals surface area contributed by atoms with Crippen LogP contribution in [0.2, 0.25) is 5.02 Å². The minimum atomic E-state index is -0.242. The molecular formula is C11H15ClFNS. The van der Waals surface area contributed by atoms with Crippen LogP contribution < -0.4 is 5.73 Å². The van der Waals surface area contributed by atoms with E-state index >= 15 is 0 Å². The second kappa shape index (κ2) is 5.73. The Labute approximate surface area is 99.2 Å². The Morgan fingerprint density at radius 3 is 2.67 bits per heavy atom. The van der Waals surface area contributed by atoms with E-state index in [0.717, 1.165) is 12.0 Å². The average Bonchev–Trinajstić information content (AvgIpc) is 2.17. The Balaban J connectivity index is 3.02. The molecule has 0 amide bonds. The molecule has 2 N–H and O–H groups in total. The first-order valence-corrected chi connectivity index (χ1v) is 6.43. The Kier molecular flexibility index (Phi) is 4.90. The lowest BCUT2D eigenvalue weighted by atomic mass is 9.98. The highest BCUT2D eigenvalue weighted by Crippen LogP contribution is 2.32. The van der Waals surface area contributed by atoms with Gasteiger partial charge in [-0.05, 0) is 42.8 Å². The van der Waals surface area contributed by atoms with Gasteiger partial charge in [0.2, 0.25) is 0 Å². The number of halogens is 2. The van der Waals surface area contributed by atoms with Crippen molar-refractivity contribution in [1.82, 2.24) is 0 Å². The fourth-order valence-corrected chi connectivity index (χ4v) is 2.43. The van der Waals surface area contributed by atoms with Gasteiger partial charge < -0.3 is 5.73 Å². The Morgan fingerprint density at radius 1 is 1.53 bits per heavy atom. The molecule has 0 fully saturated rings. The molecule has 0 aromatic heterocycles. The van der Waals surface area contributed by atoms with Gasteiger partial charge in [-0.15, -0.1) is 11.8 Å². The van der Waals surface area contributed by atoms with Crippen LogP contribution >= 0.6 is 23.4 Å². The maximum absolute atomic E-state index is 13.6. The molecule has 0 aliphatic carbocycles. The Morgan fingerprint density at radius 2 is 2.20 bits per heavy atom. The zero-order valence-electron chi connectivity index (χ0n) is 8.89. The van der Waals surface area contributed by atoms with Crippen molar-refractivity contribution < 1.29 is 4.39 Å².